The third-order valence-corrected chi connectivity index (χ3v) is 14.5. The van der Waals surface area contributed by atoms with Gasteiger partial charge in [0.1, 0.15) is 0 Å². The van der Waals surface area contributed by atoms with E-state index in [0.29, 0.717) is 28.8 Å². The number of thiazole rings is 1. The third-order valence-electron chi connectivity index (χ3n) is 10.1. The Balaban J connectivity index is 0.000000191. The lowest BCUT2D eigenvalue weighted by Gasteiger charge is -2.15. The number of nitrogens with zero attached hydrogens (tertiary/aromatic N) is 3. The first-order valence-corrected chi connectivity index (χ1v) is 25.8. The van der Waals surface area contributed by atoms with Gasteiger partial charge in [0.25, 0.3) is 31.9 Å². The maximum Gasteiger partial charge on any atom is 0.416 e. The molecule has 4 N–H and O–H groups in total. The molecule has 2 heterocycles. The summed E-state index contributed by atoms with van der Waals surface area (Å²) in [5.41, 5.74) is 2.50. The smallest absolute Gasteiger partial charge is 0.298 e. The summed E-state index contributed by atoms with van der Waals surface area (Å²) in [5, 5.41) is 7.72. The number of hydrogen-bond acceptors (Lipinski definition) is 11. The van der Waals surface area contributed by atoms with Gasteiger partial charge in [0, 0.05) is 33.1 Å². The molecule has 13 nitrogen and oxygen atoms in total. The van der Waals surface area contributed by atoms with Crippen LogP contribution in [0.3, 0.4) is 0 Å². The van der Waals surface area contributed by atoms with Crippen LogP contribution >= 0.6 is 34.5 Å². The Morgan fingerprint density at radius 1 is 0.521 bits per heavy atom. The van der Waals surface area contributed by atoms with Crippen molar-refractivity contribution >= 4 is 88.0 Å². The Bertz CT molecular complexity index is 3550. The van der Waals surface area contributed by atoms with Crippen molar-refractivity contribution < 1.29 is 39.6 Å². The van der Waals surface area contributed by atoms with Gasteiger partial charge in [-0.15, -0.1) is 11.3 Å². The lowest BCUT2D eigenvalue weighted by atomic mass is 10.1. The van der Waals surface area contributed by atoms with Crippen LogP contribution in [0.1, 0.15) is 26.3 Å². The van der Waals surface area contributed by atoms with E-state index in [1.165, 1.54) is 24.3 Å². The first-order chi connectivity index (χ1) is 34.0. The van der Waals surface area contributed by atoms with Crippen LogP contribution in [0.15, 0.2) is 197 Å². The van der Waals surface area contributed by atoms with E-state index < -0.39 is 49.3 Å². The van der Waals surface area contributed by atoms with Gasteiger partial charge in [-0.2, -0.15) is 22.5 Å². The summed E-state index contributed by atoms with van der Waals surface area (Å²) in [6, 6.07) is 48.5. The number of sulfonamides is 2. The number of carbonyl (C=O) groups is 2. The largest absolute Gasteiger partial charge is 0.416 e. The molecule has 358 valence electrons. The molecule has 0 fully saturated rings. The number of nitrogens with one attached hydrogen (secondary N) is 4. The van der Waals surface area contributed by atoms with E-state index in [1.807, 2.05) is 91.0 Å². The summed E-state index contributed by atoms with van der Waals surface area (Å²) < 4.78 is 101. The highest BCUT2D eigenvalue weighted by Gasteiger charge is 2.32. The molecular weight excluding hydrogens is 1020 g/mol. The molecule has 71 heavy (non-hydrogen) atoms. The molecule has 0 saturated heterocycles. The van der Waals surface area contributed by atoms with Gasteiger partial charge in [-0.3, -0.25) is 29.7 Å². The third kappa shape index (κ3) is 12.5. The van der Waals surface area contributed by atoms with Gasteiger partial charge in [0.05, 0.1) is 43.6 Å². The Kier molecular flexibility index (Phi) is 15.0. The van der Waals surface area contributed by atoms with Crippen LogP contribution < -0.4 is 20.1 Å². The number of benzene rings is 7. The van der Waals surface area contributed by atoms with Crippen molar-refractivity contribution in [1.82, 2.24) is 14.3 Å². The van der Waals surface area contributed by atoms with E-state index >= 15 is 0 Å². The highest BCUT2D eigenvalue weighted by Crippen LogP contribution is 2.34. The van der Waals surface area contributed by atoms with Crippen LogP contribution in [0.2, 0.25) is 5.02 Å². The molecule has 0 aliphatic carbocycles. The Hall–Kier alpha value is -7.75. The Morgan fingerprint density at radius 2 is 1.01 bits per heavy atom. The van der Waals surface area contributed by atoms with Crippen molar-refractivity contribution in [3.63, 3.8) is 0 Å². The number of amides is 2. The number of para-hydroxylation sites is 1. The molecule has 0 bridgehead atoms. The highest BCUT2D eigenvalue weighted by molar-refractivity contribution is 7.93. The van der Waals surface area contributed by atoms with E-state index in [9.17, 15) is 39.6 Å². The lowest BCUT2D eigenvalue weighted by Crippen LogP contribution is -2.20. The summed E-state index contributed by atoms with van der Waals surface area (Å²) in [6.07, 6.45) is -4.75. The predicted octanol–water partition coefficient (Wildman–Crippen LogP) is 12.5. The van der Waals surface area contributed by atoms with Gasteiger partial charge >= 0.3 is 6.18 Å². The van der Waals surface area contributed by atoms with Crippen molar-refractivity contribution in [1.29, 1.82) is 0 Å². The van der Waals surface area contributed by atoms with Gasteiger partial charge in [-0.05, 0) is 77.9 Å². The maximum atomic E-state index is 13.3. The number of rotatable bonds is 13. The van der Waals surface area contributed by atoms with E-state index in [2.05, 4.69) is 34.4 Å². The van der Waals surface area contributed by atoms with Crippen LogP contribution in [-0.4, -0.2) is 43.0 Å². The number of anilines is 4. The Labute approximate surface area is 418 Å². The summed E-state index contributed by atoms with van der Waals surface area (Å²) in [5.74, 6) is -0.825. The van der Waals surface area contributed by atoms with Crippen LogP contribution in [0, 0.1) is 0 Å². The first-order valence-electron chi connectivity index (χ1n) is 20.8. The molecule has 7 aromatic carbocycles. The number of carbonyl (C=O) groups excluding carboxylic acids is 2. The summed E-state index contributed by atoms with van der Waals surface area (Å²) in [6.45, 7) is 0. The highest BCUT2D eigenvalue weighted by atomic mass is 35.5. The van der Waals surface area contributed by atoms with Crippen LogP contribution in [0.4, 0.5) is 34.8 Å². The molecule has 0 aliphatic heterocycles. The normalized spacial score (nSPS) is 11.4. The van der Waals surface area contributed by atoms with Crippen LogP contribution in [-0.2, 0) is 26.2 Å². The SMILES string of the molecule is O=C(Nc1nc(-c2ccccc2)cs1)c1ccc(C(F)(F)F)cc1NS(=O)(=O)c1ccc(Cl)cc1.O=C(Nc1nc(-c2ccccc2)ns1)c1ccccc1NS(=O)(=O)c1ccc(-c2ccccc2)cc1. The molecule has 0 atom stereocenters. The second kappa shape index (κ2) is 21.5. The number of aromatic nitrogens is 3. The van der Waals surface area contributed by atoms with Gasteiger partial charge in [-0.25, -0.2) is 21.8 Å². The Morgan fingerprint density at radius 3 is 1.62 bits per heavy atom. The van der Waals surface area contributed by atoms with Crippen molar-refractivity contribution in [3.05, 3.63) is 209 Å². The first kappa shape index (κ1) is 49.7. The molecule has 0 spiro atoms. The second-order valence-corrected chi connectivity index (χ2v) is 20.4. The van der Waals surface area contributed by atoms with Gasteiger partial charge < -0.3 is 0 Å². The monoisotopic (exact) mass is 1050 g/mol. The van der Waals surface area contributed by atoms with Crippen molar-refractivity contribution in [2.75, 3.05) is 20.1 Å². The summed E-state index contributed by atoms with van der Waals surface area (Å²) >= 11 is 7.95. The average molecular weight is 1050 g/mol. The second-order valence-electron chi connectivity index (χ2n) is 15.0. The standard InChI is InChI=1S/C27H20N4O3S2.C23H15ClF3N3O3S2/c32-26(29-27-28-25(30-35-27)21-11-5-2-6-12-21)23-13-7-8-14-24(23)31-36(33,34)22-17-15-20(16-18-22)19-9-3-1-4-10-19;24-16-7-9-17(10-8-16)35(32,33)30-19-12-15(23(25,26)27)6-11-18(19)21(31)29-22-28-20(13-34-22)14-4-2-1-3-5-14/h1-18,31H,(H,28,29,30,32);1-13,30H,(H,28,29,31). The van der Waals surface area contributed by atoms with Crippen LogP contribution in [0.5, 0.6) is 0 Å². The zero-order valence-corrected chi connectivity index (χ0v) is 40.4. The molecule has 0 aliphatic rings. The van der Waals surface area contributed by atoms with Crippen molar-refractivity contribution in [2.45, 2.75) is 16.0 Å². The summed E-state index contributed by atoms with van der Waals surface area (Å²) in [4.78, 5) is 34.5. The molecule has 0 unspecified atom stereocenters. The predicted molar refractivity (Wildman–Crippen MR) is 272 cm³/mol. The molecule has 9 aromatic rings. The minimum atomic E-state index is -4.75. The van der Waals surface area contributed by atoms with E-state index in [4.69, 9.17) is 11.6 Å². The number of halogens is 4. The molecule has 21 heteroatoms. The topological polar surface area (TPSA) is 189 Å². The van der Waals surface area contributed by atoms with Crippen molar-refractivity contribution in [3.8, 4) is 33.8 Å². The molecular formula is C50H35ClF3N7O6S4. The molecule has 0 saturated carbocycles. The fourth-order valence-electron chi connectivity index (χ4n) is 6.63. The minimum Gasteiger partial charge on any atom is -0.298 e. The molecule has 9 rings (SSSR count). The fraction of sp³-hybridized carbons (Fsp3) is 0.0200. The summed E-state index contributed by atoms with van der Waals surface area (Å²) in [7, 11) is -8.25. The van der Waals surface area contributed by atoms with Gasteiger partial charge in [0.2, 0.25) is 5.13 Å². The van der Waals surface area contributed by atoms with Crippen molar-refractivity contribution in [2.24, 2.45) is 0 Å². The van der Waals surface area contributed by atoms with Gasteiger partial charge in [0.15, 0.2) is 11.0 Å². The number of hydrogen-bond donors (Lipinski definition) is 4. The maximum absolute atomic E-state index is 13.3. The average Bonchev–Trinajstić information content (AvgIpc) is 4.05. The van der Waals surface area contributed by atoms with E-state index in [1.54, 1.807) is 53.9 Å². The fourth-order valence-corrected chi connectivity index (χ4v) is 10.2. The quantitative estimate of drug-likeness (QED) is 0.0871. The number of alkyl halides is 3. The molecule has 2 amide bonds. The van der Waals surface area contributed by atoms with E-state index in [0.717, 1.165) is 51.2 Å². The molecule has 2 aromatic heterocycles. The van der Waals surface area contributed by atoms with E-state index in [-0.39, 0.29) is 36.8 Å². The van der Waals surface area contributed by atoms with Crippen LogP contribution in [0.25, 0.3) is 33.8 Å². The minimum absolute atomic E-state index is 0.0917. The lowest BCUT2D eigenvalue weighted by molar-refractivity contribution is -0.137. The van der Waals surface area contributed by atoms with Gasteiger partial charge in [-0.1, -0.05) is 127 Å². The zero-order chi connectivity index (χ0) is 50.2. The zero-order valence-electron chi connectivity index (χ0n) is 36.3. The molecule has 0 radical (unpaired) electrons.